The minimum absolute atomic E-state index is 0.0617. The monoisotopic (exact) mass is 405 g/mol. The van der Waals surface area contributed by atoms with E-state index >= 15 is 0 Å². The van der Waals surface area contributed by atoms with Crippen molar-refractivity contribution in [2.24, 2.45) is 0 Å². The summed E-state index contributed by atoms with van der Waals surface area (Å²) >= 11 is 1.70. The highest BCUT2D eigenvalue weighted by Gasteiger charge is 2.36. The Bertz CT molecular complexity index is 824. The predicted molar refractivity (Wildman–Crippen MR) is 102 cm³/mol. The second-order valence-corrected chi connectivity index (χ2v) is 7.55. The molecule has 27 heavy (non-hydrogen) atoms. The van der Waals surface area contributed by atoms with Crippen LogP contribution in [0.25, 0.3) is 6.08 Å². The topological polar surface area (TPSA) is 104 Å². The van der Waals surface area contributed by atoms with Gasteiger partial charge in [-0.2, -0.15) is 0 Å². The molecule has 0 saturated carbocycles. The van der Waals surface area contributed by atoms with Gasteiger partial charge in [0.2, 0.25) is 11.8 Å². The van der Waals surface area contributed by atoms with Crippen LogP contribution >= 0.6 is 23.5 Å². The quantitative estimate of drug-likeness (QED) is 0.716. The van der Waals surface area contributed by atoms with E-state index in [1.807, 2.05) is 18.2 Å². The van der Waals surface area contributed by atoms with Crippen LogP contribution in [0.4, 0.5) is 9.59 Å². The van der Waals surface area contributed by atoms with Crippen molar-refractivity contribution >= 4 is 57.8 Å². The van der Waals surface area contributed by atoms with Gasteiger partial charge in [-0.25, -0.2) is 0 Å². The Morgan fingerprint density at radius 2 is 1.81 bits per heavy atom. The summed E-state index contributed by atoms with van der Waals surface area (Å²) in [5.74, 6) is -1.25. The number of thioether (sulfide) groups is 2. The summed E-state index contributed by atoms with van der Waals surface area (Å²) in [7, 11) is 0. The smallest absolute Gasteiger partial charge is 0.294 e. The summed E-state index contributed by atoms with van der Waals surface area (Å²) in [6.07, 6.45) is 1.60. The van der Waals surface area contributed by atoms with Gasteiger partial charge >= 0.3 is 0 Å². The molecule has 0 radical (unpaired) electrons. The van der Waals surface area contributed by atoms with Crippen molar-refractivity contribution in [3.8, 4) is 0 Å². The zero-order valence-corrected chi connectivity index (χ0v) is 15.7. The second kappa shape index (κ2) is 8.40. The maximum absolute atomic E-state index is 12.4. The second-order valence-electron chi connectivity index (χ2n) is 5.63. The van der Waals surface area contributed by atoms with Gasteiger partial charge in [0.05, 0.1) is 10.7 Å². The van der Waals surface area contributed by atoms with E-state index in [4.69, 9.17) is 0 Å². The van der Waals surface area contributed by atoms with Gasteiger partial charge in [0.25, 0.3) is 16.4 Å². The molecule has 2 aliphatic heterocycles. The molecule has 2 fully saturated rings. The van der Waals surface area contributed by atoms with Crippen LogP contribution in [-0.4, -0.2) is 63.4 Å². The summed E-state index contributed by atoms with van der Waals surface area (Å²) < 4.78 is 0. The lowest BCUT2D eigenvalue weighted by molar-refractivity contribution is -0.129. The van der Waals surface area contributed by atoms with E-state index in [-0.39, 0.29) is 34.9 Å². The molecule has 0 unspecified atom stereocenters. The van der Waals surface area contributed by atoms with E-state index in [9.17, 15) is 24.0 Å². The molecule has 1 aromatic rings. The van der Waals surface area contributed by atoms with Gasteiger partial charge in [0, 0.05) is 13.1 Å². The third kappa shape index (κ3) is 4.58. The van der Waals surface area contributed by atoms with Crippen LogP contribution in [0.5, 0.6) is 0 Å². The molecule has 10 heteroatoms. The third-order valence-electron chi connectivity index (χ3n) is 3.77. The highest BCUT2D eigenvalue weighted by molar-refractivity contribution is 8.18. The zero-order chi connectivity index (χ0) is 19.4. The molecular weight excluding hydrogens is 390 g/mol. The van der Waals surface area contributed by atoms with Crippen molar-refractivity contribution in [3.05, 3.63) is 40.8 Å². The molecule has 0 spiro atoms. The lowest BCUT2D eigenvalue weighted by atomic mass is 10.2. The van der Waals surface area contributed by atoms with E-state index in [1.165, 1.54) is 0 Å². The third-order valence-corrected chi connectivity index (χ3v) is 5.54. The molecular formula is C17H15N3O5S2. The number of nitrogens with one attached hydrogen (secondary N) is 1. The van der Waals surface area contributed by atoms with Crippen LogP contribution in [-0.2, 0) is 14.4 Å². The largest absolute Gasteiger partial charge is 0.353 e. The summed E-state index contributed by atoms with van der Waals surface area (Å²) in [4.78, 5) is 61.5. The Kier molecular flexibility index (Phi) is 5.97. The molecule has 1 aromatic carbocycles. The Morgan fingerprint density at radius 3 is 2.48 bits per heavy atom. The summed E-state index contributed by atoms with van der Waals surface area (Å²) in [5, 5.41) is 1.66. The van der Waals surface area contributed by atoms with Crippen molar-refractivity contribution in [3.63, 3.8) is 0 Å². The molecule has 2 saturated heterocycles. The molecule has 0 aliphatic carbocycles. The molecule has 3 rings (SSSR count). The number of carbonyl (C=O) groups is 5. The Hall–Kier alpha value is -2.59. The number of carbonyl (C=O) groups excluding carboxylic acids is 5. The molecule has 2 heterocycles. The van der Waals surface area contributed by atoms with Gasteiger partial charge in [-0.1, -0.05) is 42.1 Å². The standard InChI is InChI=1S/C17H15N3O5S2/c21-13(18-6-7-19-14(22)10-26-16(19)24)9-20-15(23)12(27-17(20)25)8-11-4-2-1-3-5-11/h1-5,8H,6-7,9-10H2,(H,18,21). The number of amides is 5. The van der Waals surface area contributed by atoms with Gasteiger partial charge in [0.1, 0.15) is 6.54 Å². The van der Waals surface area contributed by atoms with Crippen LogP contribution in [0.15, 0.2) is 35.2 Å². The molecule has 5 amide bonds. The van der Waals surface area contributed by atoms with Crippen molar-refractivity contribution < 1.29 is 24.0 Å². The molecule has 140 valence electrons. The van der Waals surface area contributed by atoms with Gasteiger partial charge in [-0.05, 0) is 23.4 Å². The minimum atomic E-state index is -0.537. The minimum Gasteiger partial charge on any atom is -0.353 e. The molecule has 0 atom stereocenters. The Morgan fingerprint density at radius 1 is 1.07 bits per heavy atom. The lowest BCUT2D eigenvalue weighted by Crippen LogP contribution is -2.42. The van der Waals surface area contributed by atoms with Crippen molar-refractivity contribution in [2.75, 3.05) is 25.4 Å². The normalized spacial score (nSPS) is 18.7. The SMILES string of the molecule is O=C(CN1C(=O)SC(=Cc2ccccc2)C1=O)NCCN1C(=O)CSC1=O. The van der Waals surface area contributed by atoms with Gasteiger partial charge in [-0.3, -0.25) is 33.8 Å². The van der Waals surface area contributed by atoms with Gasteiger partial charge in [-0.15, -0.1) is 0 Å². The van der Waals surface area contributed by atoms with Crippen LogP contribution in [0, 0.1) is 0 Å². The number of hydrogen-bond acceptors (Lipinski definition) is 7. The van der Waals surface area contributed by atoms with Crippen LogP contribution in [0.1, 0.15) is 5.56 Å². The maximum Gasteiger partial charge on any atom is 0.294 e. The fourth-order valence-electron chi connectivity index (χ4n) is 2.44. The summed E-state index contributed by atoms with van der Waals surface area (Å²) in [6, 6.07) is 9.09. The van der Waals surface area contributed by atoms with E-state index in [2.05, 4.69) is 5.32 Å². The van der Waals surface area contributed by atoms with Crippen LogP contribution in [0.3, 0.4) is 0 Å². The first kappa shape index (κ1) is 19.2. The number of imide groups is 2. The average Bonchev–Trinajstić information content (AvgIpc) is 3.10. The lowest BCUT2D eigenvalue weighted by Gasteiger charge is -2.15. The highest BCUT2D eigenvalue weighted by atomic mass is 32.2. The van der Waals surface area contributed by atoms with Crippen molar-refractivity contribution in [2.45, 2.75) is 0 Å². The Labute approximate surface area is 163 Å². The van der Waals surface area contributed by atoms with E-state index < -0.39 is 23.6 Å². The molecule has 8 nitrogen and oxygen atoms in total. The molecule has 0 bridgehead atoms. The first-order valence-electron chi connectivity index (χ1n) is 8.00. The van der Waals surface area contributed by atoms with E-state index in [0.29, 0.717) is 0 Å². The molecule has 0 aromatic heterocycles. The average molecular weight is 405 g/mol. The first-order valence-corrected chi connectivity index (χ1v) is 9.80. The molecule has 2 aliphatic rings. The fourth-order valence-corrected chi connectivity index (χ4v) is 4.03. The first-order chi connectivity index (χ1) is 13.0. The van der Waals surface area contributed by atoms with E-state index in [0.717, 1.165) is 38.9 Å². The molecule has 1 N–H and O–H groups in total. The zero-order valence-electron chi connectivity index (χ0n) is 14.0. The number of hydrogen-bond donors (Lipinski definition) is 1. The van der Waals surface area contributed by atoms with E-state index in [1.54, 1.807) is 18.2 Å². The highest BCUT2D eigenvalue weighted by Crippen LogP contribution is 2.31. The predicted octanol–water partition coefficient (Wildman–Crippen LogP) is 1.53. The van der Waals surface area contributed by atoms with Crippen molar-refractivity contribution in [1.29, 1.82) is 0 Å². The van der Waals surface area contributed by atoms with Crippen LogP contribution in [0.2, 0.25) is 0 Å². The number of benzene rings is 1. The van der Waals surface area contributed by atoms with Crippen LogP contribution < -0.4 is 5.32 Å². The van der Waals surface area contributed by atoms with Crippen molar-refractivity contribution in [1.82, 2.24) is 15.1 Å². The van der Waals surface area contributed by atoms with Gasteiger partial charge < -0.3 is 5.32 Å². The van der Waals surface area contributed by atoms with Gasteiger partial charge in [0.15, 0.2) is 0 Å². The fraction of sp³-hybridized carbons (Fsp3) is 0.235. The number of rotatable bonds is 6. The maximum atomic E-state index is 12.4. The Balaban J connectivity index is 1.52. The number of nitrogens with zero attached hydrogens (tertiary/aromatic N) is 2. The summed E-state index contributed by atoms with van der Waals surface area (Å²) in [5.41, 5.74) is 0.783. The summed E-state index contributed by atoms with van der Waals surface area (Å²) in [6.45, 7) is -0.285.